The number of likely N-dealkylation sites (tertiary alicyclic amines) is 1. The first-order valence-electron chi connectivity index (χ1n) is 5.02. The van der Waals surface area contributed by atoms with Crippen LogP contribution in [-0.4, -0.2) is 48.0 Å². The van der Waals surface area contributed by atoms with Gasteiger partial charge in [0.05, 0.1) is 12.2 Å². The first-order chi connectivity index (χ1) is 6.66. The second-order valence-corrected chi connectivity index (χ2v) is 4.04. The van der Waals surface area contributed by atoms with E-state index in [1.807, 2.05) is 4.90 Å². The second-order valence-electron chi connectivity index (χ2n) is 4.04. The van der Waals surface area contributed by atoms with Gasteiger partial charge in [-0.1, -0.05) is 0 Å². The van der Waals surface area contributed by atoms with Gasteiger partial charge in [0.25, 0.3) is 0 Å². The Hall–Kier alpha value is -0.260. The normalized spacial score (nSPS) is 35.1. The first kappa shape index (κ1) is 10.3. The van der Waals surface area contributed by atoms with Crippen molar-refractivity contribution in [2.45, 2.75) is 44.1 Å². The molecule has 1 heterocycles. The van der Waals surface area contributed by atoms with Crippen LogP contribution in [0.1, 0.15) is 19.3 Å². The van der Waals surface area contributed by atoms with Crippen molar-refractivity contribution in [3.63, 3.8) is 0 Å². The van der Waals surface area contributed by atoms with Crippen LogP contribution in [0.25, 0.3) is 0 Å². The van der Waals surface area contributed by atoms with Gasteiger partial charge in [-0.3, -0.25) is 4.90 Å². The fraction of sp³-hybridized carbons (Fsp3) is 1.00. The molecule has 0 radical (unpaired) electrons. The van der Waals surface area contributed by atoms with Gasteiger partial charge in [-0.05, 0) is 19.3 Å². The Morgan fingerprint density at radius 2 is 2.00 bits per heavy atom. The SMILES string of the molecule is O[C@H]1CCC[C@@H]1N1CC(OC(F)F)C1. The summed E-state index contributed by atoms with van der Waals surface area (Å²) in [5.41, 5.74) is 0. The molecule has 0 spiro atoms. The van der Waals surface area contributed by atoms with E-state index >= 15 is 0 Å². The number of rotatable bonds is 3. The fourth-order valence-corrected chi connectivity index (χ4v) is 2.32. The summed E-state index contributed by atoms with van der Waals surface area (Å²) in [5, 5.41) is 9.56. The first-order valence-corrected chi connectivity index (χ1v) is 5.02. The van der Waals surface area contributed by atoms with Gasteiger partial charge in [0.15, 0.2) is 0 Å². The van der Waals surface area contributed by atoms with Crippen LogP contribution >= 0.6 is 0 Å². The minimum Gasteiger partial charge on any atom is -0.391 e. The third kappa shape index (κ3) is 2.04. The van der Waals surface area contributed by atoms with Gasteiger partial charge < -0.3 is 9.84 Å². The summed E-state index contributed by atoms with van der Waals surface area (Å²) in [7, 11) is 0. The van der Waals surface area contributed by atoms with Crippen LogP contribution in [-0.2, 0) is 4.74 Å². The van der Waals surface area contributed by atoms with Crippen molar-refractivity contribution < 1.29 is 18.6 Å². The van der Waals surface area contributed by atoms with E-state index in [1.54, 1.807) is 0 Å². The number of halogens is 2. The lowest BCUT2D eigenvalue weighted by Gasteiger charge is -2.43. The smallest absolute Gasteiger partial charge is 0.345 e. The van der Waals surface area contributed by atoms with Gasteiger partial charge in [0, 0.05) is 19.1 Å². The number of nitrogens with zero attached hydrogens (tertiary/aromatic N) is 1. The summed E-state index contributed by atoms with van der Waals surface area (Å²) in [6.45, 7) is -1.60. The lowest BCUT2D eigenvalue weighted by molar-refractivity contribution is -0.203. The van der Waals surface area contributed by atoms with Gasteiger partial charge in [-0.2, -0.15) is 8.78 Å². The largest absolute Gasteiger partial charge is 0.391 e. The summed E-state index contributed by atoms with van der Waals surface area (Å²) in [6, 6.07) is 0.174. The van der Waals surface area contributed by atoms with Crippen LogP contribution < -0.4 is 0 Å². The van der Waals surface area contributed by atoms with Gasteiger partial charge >= 0.3 is 6.61 Å². The number of alkyl halides is 2. The van der Waals surface area contributed by atoms with E-state index in [1.165, 1.54) is 0 Å². The molecule has 0 aromatic rings. The van der Waals surface area contributed by atoms with Gasteiger partial charge in [-0.25, -0.2) is 0 Å². The van der Waals surface area contributed by atoms with Crippen LogP contribution in [0.5, 0.6) is 0 Å². The molecule has 1 aliphatic carbocycles. The average Bonchev–Trinajstić information content (AvgIpc) is 2.42. The predicted octanol–water partition coefficient (Wildman–Crippen LogP) is 0.823. The number of aliphatic hydroxyl groups excluding tert-OH is 1. The van der Waals surface area contributed by atoms with E-state index in [9.17, 15) is 13.9 Å². The van der Waals surface area contributed by atoms with E-state index in [2.05, 4.69) is 4.74 Å². The molecule has 2 atom stereocenters. The van der Waals surface area contributed by atoms with Gasteiger partial charge in [0.2, 0.25) is 0 Å². The molecule has 0 bridgehead atoms. The number of ether oxygens (including phenoxy) is 1. The lowest BCUT2D eigenvalue weighted by atomic mass is 10.1. The molecule has 0 aromatic heterocycles. The number of hydrogen-bond acceptors (Lipinski definition) is 3. The highest BCUT2D eigenvalue weighted by molar-refractivity contribution is 4.92. The predicted molar refractivity (Wildman–Crippen MR) is 46.1 cm³/mol. The Bertz CT molecular complexity index is 197. The number of hydrogen-bond donors (Lipinski definition) is 1. The van der Waals surface area contributed by atoms with Crippen molar-refractivity contribution in [2.75, 3.05) is 13.1 Å². The van der Waals surface area contributed by atoms with E-state index in [0.717, 1.165) is 19.3 Å². The zero-order chi connectivity index (χ0) is 10.1. The van der Waals surface area contributed by atoms with Crippen molar-refractivity contribution in [3.8, 4) is 0 Å². The maximum Gasteiger partial charge on any atom is 0.345 e. The van der Waals surface area contributed by atoms with Crippen LogP contribution in [0.4, 0.5) is 8.78 Å². The van der Waals surface area contributed by atoms with Gasteiger partial charge in [0.1, 0.15) is 0 Å². The van der Waals surface area contributed by atoms with E-state index in [4.69, 9.17) is 0 Å². The van der Waals surface area contributed by atoms with Crippen LogP contribution in [0.2, 0.25) is 0 Å². The topological polar surface area (TPSA) is 32.7 Å². The van der Waals surface area contributed by atoms with Crippen LogP contribution in [0.3, 0.4) is 0 Å². The second kappa shape index (κ2) is 4.08. The number of aliphatic hydroxyl groups is 1. The highest BCUT2D eigenvalue weighted by atomic mass is 19.3. The fourth-order valence-electron chi connectivity index (χ4n) is 2.32. The van der Waals surface area contributed by atoms with E-state index < -0.39 is 6.61 Å². The summed E-state index contributed by atoms with van der Waals surface area (Å²) >= 11 is 0. The highest BCUT2D eigenvalue weighted by Crippen LogP contribution is 2.28. The zero-order valence-corrected chi connectivity index (χ0v) is 7.90. The van der Waals surface area contributed by atoms with Crippen LogP contribution in [0, 0.1) is 0 Å². The van der Waals surface area contributed by atoms with Crippen LogP contribution in [0.15, 0.2) is 0 Å². The molecule has 0 aromatic carbocycles. The molecule has 14 heavy (non-hydrogen) atoms. The molecule has 1 N–H and O–H groups in total. The molecule has 1 saturated carbocycles. The molecule has 5 heteroatoms. The Morgan fingerprint density at radius 1 is 1.29 bits per heavy atom. The molecule has 0 amide bonds. The highest BCUT2D eigenvalue weighted by Gasteiger charge is 2.39. The van der Waals surface area contributed by atoms with E-state index in [-0.39, 0.29) is 18.2 Å². The van der Waals surface area contributed by atoms with E-state index in [0.29, 0.717) is 13.1 Å². The van der Waals surface area contributed by atoms with Crippen molar-refractivity contribution in [2.24, 2.45) is 0 Å². The lowest BCUT2D eigenvalue weighted by Crippen LogP contribution is -2.58. The summed E-state index contributed by atoms with van der Waals surface area (Å²) in [4.78, 5) is 2.03. The minimum atomic E-state index is -2.67. The molecular weight excluding hydrogens is 192 g/mol. The Morgan fingerprint density at radius 3 is 2.50 bits per heavy atom. The maximum atomic E-state index is 11.8. The molecule has 3 nitrogen and oxygen atoms in total. The quantitative estimate of drug-likeness (QED) is 0.743. The van der Waals surface area contributed by atoms with Crippen molar-refractivity contribution in [1.29, 1.82) is 0 Å². The third-order valence-electron chi connectivity index (χ3n) is 3.08. The van der Waals surface area contributed by atoms with Crippen molar-refractivity contribution in [3.05, 3.63) is 0 Å². The van der Waals surface area contributed by atoms with Gasteiger partial charge in [-0.15, -0.1) is 0 Å². The standard InChI is InChI=1S/C9H15F2NO2/c10-9(11)14-6-4-12(5-6)7-2-1-3-8(7)13/h6-9,13H,1-5H2/t7-,8-/m0/s1. The maximum absolute atomic E-state index is 11.8. The molecule has 82 valence electrons. The molecule has 0 unspecified atom stereocenters. The summed E-state index contributed by atoms with van der Waals surface area (Å²) in [6.07, 6.45) is 2.22. The zero-order valence-electron chi connectivity index (χ0n) is 7.90. The summed E-state index contributed by atoms with van der Waals surface area (Å²) < 4.78 is 27.9. The molecule has 2 rings (SSSR count). The third-order valence-corrected chi connectivity index (χ3v) is 3.08. The molecule has 2 aliphatic rings. The van der Waals surface area contributed by atoms with Crippen molar-refractivity contribution >= 4 is 0 Å². The molecule has 1 aliphatic heterocycles. The Labute approximate surface area is 81.6 Å². The molecule has 1 saturated heterocycles. The molecule has 2 fully saturated rings. The minimum absolute atomic E-state index is 0.174. The summed E-state index contributed by atoms with van der Waals surface area (Å²) in [5.74, 6) is 0. The van der Waals surface area contributed by atoms with Crippen molar-refractivity contribution in [1.82, 2.24) is 4.90 Å². The Kier molecular flexibility index (Phi) is 2.99. The monoisotopic (exact) mass is 207 g/mol. The molecular formula is C9H15F2NO2. The average molecular weight is 207 g/mol. The Balaban J connectivity index is 1.72.